The van der Waals surface area contributed by atoms with E-state index in [1.807, 2.05) is 0 Å². The number of esters is 1. The number of ether oxygens (including phenoxy) is 1. The van der Waals surface area contributed by atoms with Crippen LogP contribution in [0.5, 0.6) is 0 Å². The monoisotopic (exact) mass is 190 g/mol. The van der Waals surface area contributed by atoms with E-state index >= 15 is 0 Å². The summed E-state index contributed by atoms with van der Waals surface area (Å²) in [5, 5.41) is -0.0613. The van der Waals surface area contributed by atoms with Gasteiger partial charge in [0.05, 0.1) is 5.38 Å². The van der Waals surface area contributed by atoms with Gasteiger partial charge in [0.2, 0.25) is 0 Å². The van der Waals surface area contributed by atoms with E-state index in [1.54, 1.807) is 0 Å². The summed E-state index contributed by atoms with van der Waals surface area (Å²) in [6.07, 6.45) is 4.21. The fraction of sp³-hybridized carbons (Fsp3) is 0.667. The van der Waals surface area contributed by atoms with Crippen LogP contribution in [0.4, 0.5) is 0 Å². The second-order valence-electron chi connectivity index (χ2n) is 2.57. The highest BCUT2D eigenvalue weighted by molar-refractivity contribution is 6.20. The van der Waals surface area contributed by atoms with Crippen molar-refractivity contribution in [2.75, 3.05) is 6.61 Å². The van der Waals surface area contributed by atoms with Gasteiger partial charge in [-0.25, -0.2) is 4.79 Å². The van der Waals surface area contributed by atoms with Crippen molar-refractivity contribution in [2.45, 2.75) is 31.6 Å². The fourth-order valence-electron chi connectivity index (χ4n) is 0.740. The quantitative estimate of drug-likeness (QED) is 0.366. The summed E-state index contributed by atoms with van der Waals surface area (Å²) >= 11 is 5.85. The Kier molecular flexibility index (Phi) is 6.87. The van der Waals surface area contributed by atoms with Crippen molar-refractivity contribution in [2.24, 2.45) is 0 Å². The molecule has 0 amide bonds. The SMILES string of the molecule is C=CC(=O)OCC(Cl)CCCC. The molecular formula is C9H15ClO2. The molecule has 0 N–H and O–H groups in total. The molecule has 0 fully saturated rings. The lowest BCUT2D eigenvalue weighted by Crippen LogP contribution is -2.12. The second kappa shape index (κ2) is 7.17. The minimum atomic E-state index is -0.405. The normalized spacial score (nSPS) is 12.2. The number of alkyl halides is 1. The molecule has 0 heterocycles. The molecule has 0 aromatic heterocycles. The lowest BCUT2D eigenvalue weighted by Gasteiger charge is -2.07. The van der Waals surface area contributed by atoms with Gasteiger partial charge in [0.1, 0.15) is 6.61 Å². The highest BCUT2D eigenvalue weighted by Crippen LogP contribution is 2.07. The molecule has 0 aromatic rings. The first-order chi connectivity index (χ1) is 5.70. The first-order valence-electron chi connectivity index (χ1n) is 4.14. The summed E-state index contributed by atoms with van der Waals surface area (Å²) in [4.78, 5) is 10.6. The Balaban J connectivity index is 3.36. The minimum absolute atomic E-state index is 0.0613. The van der Waals surface area contributed by atoms with Gasteiger partial charge in [0.15, 0.2) is 0 Å². The Morgan fingerprint density at radius 1 is 1.75 bits per heavy atom. The van der Waals surface area contributed by atoms with Crippen LogP contribution in [0, 0.1) is 0 Å². The number of hydrogen-bond donors (Lipinski definition) is 0. The predicted molar refractivity (Wildman–Crippen MR) is 50.3 cm³/mol. The van der Waals surface area contributed by atoms with Crippen molar-refractivity contribution in [3.63, 3.8) is 0 Å². The summed E-state index contributed by atoms with van der Waals surface area (Å²) < 4.78 is 4.76. The molecular weight excluding hydrogens is 176 g/mol. The predicted octanol–water partition coefficient (Wildman–Crippen LogP) is 2.51. The zero-order valence-corrected chi connectivity index (χ0v) is 8.14. The van der Waals surface area contributed by atoms with Gasteiger partial charge in [-0.15, -0.1) is 11.6 Å². The lowest BCUT2D eigenvalue weighted by molar-refractivity contribution is -0.137. The van der Waals surface area contributed by atoms with Crippen molar-refractivity contribution >= 4 is 17.6 Å². The van der Waals surface area contributed by atoms with Crippen LogP contribution < -0.4 is 0 Å². The molecule has 0 saturated carbocycles. The third-order valence-corrected chi connectivity index (χ3v) is 1.79. The molecule has 70 valence electrons. The molecule has 0 aliphatic rings. The van der Waals surface area contributed by atoms with Crippen LogP contribution in [-0.2, 0) is 9.53 Å². The molecule has 0 bridgehead atoms. The number of hydrogen-bond acceptors (Lipinski definition) is 2. The van der Waals surface area contributed by atoms with Crippen molar-refractivity contribution in [1.82, 2.24) is 0 Å². The Bertz CT molecular complexity index is 145. The van der Waals surface area contributed by atoms with E-state index in [-0.39, 0.29) is 12.0 Å². The number of halogens is 1. The van der Waals surface area contributed by atoms with Crippen LogP contribution in [0.15, 0.2) is 12.7 Å². The van der Waals surface area contributed by atoms with Gasteiger partial charge >= 0.3 is 5.97 Å². The largest absolute Gasteiger partial charge is 0.461 e. The molecule has 0 rings (SSSR count). The van der Waals surface area contributed by atoms with E-state index in [0.717, 1.165) is 25.3 Å². The Morgan fingerprint density at radius 3 is 2.92 bits per heavy atom. The van der Waals surface area contributed by atoms with Crippen LogP contribution in [0.3, 0.4) is 0 Å². The minimum Gasteiger partial charge on any atom is -0.461 e. The highest BCUT2D eigenvalue weighted by atomic mass is 35.5. The molecule has 1 unspecified atom stereocenters. The standard InChI is InChI=1S/C9H15ClO2/c1-3-5-6-8(10)7-12-9(11)4-2/h4,8H,2-3,5-7H2,1H3. The van der Waals surface area contributed by atoms with Crippen molar-refractivity contribution in [3.05, 3.63) is 12.7 Å². The van der Waals surface area contributed by atoms with Gasteiger partial charge in [-0.2, -0.15) is 0 Å². The van der Waals surface area contributed by atoms with E-state index in [2.05, 4.69) is 13.5 Å². The number of carbonyl (C=O) groups is 1. The van der Waals surface area contributed by atoms with Crippen LogP contribution in [0.25, 0.3) is 0 Å². The third-order valence-electron chi connectivity index (χ3n) is 1.44. The zero-order chi connectivity index (χ0) is 9.40. The molecule has 0 aliphatic carbocycles. The van der Waals surface area contributed by atoms with Crippen LogP contribution in [0.2, 0.25) is 0 Å². The first kappa shape index (κ1) is 11.5. The summed E-state index contributed by atoms with van der Waals surface area (Å²) in [5.74, 6) is -0.405. The Hall–Kier alpha value is -0.500. The van der Waals surface area contributed by atoms with Gasteiger partial charge in [-0.3, -0.25) is 0 Å². The summed E-state index contributed by atoms with van der Waals surface area (Å²) in [6.45, 7) is 5.66. The summed E-state index contributed by atoms with van der Waals surface area (Å²) in [7, 11) is 0. The van der Waals surface area contributed by atoms with Crippen molar-refractivity contribution in [1.29, 1.82) is 0 Å². The Labute approximate surface area is 78.5 Å². The maximum absolute atomic E-state index is 10.6. The molecule has 0 aliphatic heterocycles. The van der Waals surface area contributed by atoms with E-state index in [0.29, 0.717) is 0 Å². The summed E-state index contributed by atoms with van der Waals surface area (Å²) in [5.41, 5.74) is 0. The van der Waals surface area contributed by atoms with E-state index in [4.69, 9.17) is 16.3 Å². The molecule has 0 aromatic carbocycles. The molecule has 0 saturated heterocycles. The van der Waals surface area contributed by atoms with Crippen LogP contribution in [0.1, 0.15) is 26.2 Å². The van der Waals surface area contributed by atoms with E-state index < -0.39 is 5.97 Å². The maximum Gasteiger partial charge on any atom is 0.330 e. The molecule has 3 heteroatoms. The van der Waals surface area contributed by atoms with Crippen molar-refractivity contribution < 1.29 is 9.53 Å². The molecule has 12 heavy (non-hydrogen) atoms. The average molecular weight is 191 g/mol. The van der Waals surface area contributed by atoms with Gasteiger partial charge in [0, 0.05) is 6.08 Å². The third kappa shape index (κ3) is 6.23. The first-order valence-corrected chi connectivity index (χ1v) is 4.57. The number of rotatable bonds is 6. The zero-order valence-electron chi connectivity index (χ0n) is 7.38. The topological polar surface area (TPSA) is 26.3 Å². The second-order valence-corrected chi connectivity index (χ2v) is 3.19. The maximum atomic E-state index is 10.6. The molecule has 0 spiro atoms. The number of unbranched alkanes of at least 4 members (excludes halogenated alkanes) is 1. The molecule has 1 atom stereocenters. The van der Waals surface area contributed by atoms with Gasteiger partial charge in [-0.05, 0) is 6.42 Å². The number of carbonyl (C=O) groups excluding carboxylic acids is 1. The highest BCUT2D eigenvalue weighted by Gasteiger charge is 2.05. The van der Waals surface area contributed by atoms with Gasteiger partial charge < -0.3 is 4.74 Å². The fourth-order valence-corrected chi connectivity index (χ4v) is 0.958. The average Bonchev–Trinajstić information content (AvgIpc) is 2.10. The van der Waals surface area contributed by atoms with Crippen LogP contribution in [-0.4, -0.2) is 18.0 Å². The van der Waals surface area contributed by atoms with E-state index in [1.165, 1.54) is 0 Å². The smallest absolute Gasteiger partial charge is 0.330 e. The molecule has 2 nitrogen and oxygen atoms in total. The van der Waals surface area contributed by atoms with E-state index in [9.17, 15) is 4.79 Å². The van der Waals surface area contributed by atoms with Crippen molar-refractivity contribution in [3.8, 4) is 0 Å². The van der Waals surface area contributed by atoms with Gasteiger partial charge in [-0.1, -0.05) is 26.3 Å². The van der Waals surface area contributed by atoms with Crippen LogP contribution >= 0.6 is 11.6 Å². The van der Waals surface area contributed by atoms with Gasteiger partial charge in [0.25, 0.3) is 0 Å². The lowest BCUT2D eigenvalue weighted by atomic mass is 10.2. The Morgan fingerprint density at radius 2 is 2.42 bits per heavy atom. The molecule has 0 radical (unpaired) electrons. The summed E-state index contributed by atoms with van der Waals surface area (Å²) in [6, 6.07) is 0.